The summed E-state index contributed by atoms with van der Waals surface area (Å²) >= 11 is 0. The zero-order valence-corrected chi connectivity index (χ0v) is 12.0. The fourth-order valence-electron chi connectivity index (χ4n) is 2.55. The standard InChI is InChI=1S/C13H21N5O2/c1-7-8(2)15-16-13(11(7)12(14)17-20)18-5-4-10(6-18)9(3)19/h9-10,19-20H,4-6H2,1-3H3,(H2,14,17). The van der Waals surface area contributed by atoms with E-state index in [1.165, 1.54) is 0 Å². The van der Waals surface area contributed by atoms with E-state index >= 15 is 0 Å². The summed E-state index contributed by atoms with van der Waals surface area (Å²) in [6, 6.07) is 0. The summed E-state index contributed by atoms with van der Waals surface area (Å²) in [4.78, 5) is 2.03. The Morgan fingerprint density at radius 1 is 1.45 bits per heavy atom. The topological polar surface area (TPSA) is 108 Å². The zero-order chi connectivity index (χ0) is 14.9. The maximum atomic E-state index is 9.69. The predicted octanol–water partition coefficient (Wildman–Crippen LogP) is 0.395. The highest BCUT2D eigenvalue weighted by molar-refractivity contribution is 6.02. The van der Waals surface area contributed by atoms with Gasteiger partial charge in [0.1, 0.15) is 0 Å². The van der Waals surface area contributed by atoms with Crippen LogP contribution in [-0.2, 0) is 0 Å². The van der Waals surface area contributed by atoms with Gasteiger partial charge in [-0.3, -0.25) is 0 Å². The molecule has 7 heteroatoms. The first kappa shape index (κ1) is 14.5. The van der Waals surface area contributed by atoms with Crippen LogP contribution in [0.15, 0.2) is 5.16 Å². The van der Waals surface area contributed by atoms with Crippen LogP contribution in [0.1, 0.15) is 30.2 Å². The van der Waals surface area contributed by atoms with E-state index in [1.54, 1.807) is 6.92 Å². The van der Waals surface area contributed by atoms with Gasteiger partial charge in [0, 0.05) is 19.0 Å². The lowest BCUT2D eigenvalue weighted by Gasteiger charge is -2.22. The molecule has 2 rings (SSSR count). The van der Waals surface area contributed by atoms with Crippen LogP contribution >= 0.6 is 0 Å². The predicted molar refractivity (Wildman–Crippen MR) is 76.0 cm³/mol. The molecule has 0 amide bonds. The van der Waals surface area contributed by atoms with E-state index in [0.29, 0.717) is 17.9 Å². The second-order valence-corrected chi connectivity index (χ2v) is 5.33. The molecule has 4 N–H and O–H groups in total. The average molecular weight is 279 g/mol. The number of aliphatic hydroxyl groups is 1. The molecule has 20 heavy (non-hydrogen) atoms. The third-order valence-corrected chi connectivity index (χ3v) is 4.01. The molecule has 0 bridgehead atoms. The molecule has 7 nitrogen and oxygen atoms in total. The molecule has 2 atom stereocenters. The first-order valence-corrected chi connectivity index (χ1v) is 6.70. The highest BCUT2D eigenvalue weighted by Gasteiger charge is 2.30. The molecule has 1 aromatic heterocycles. The van der Waals surface area contributed by atoms with Crippen molar-refractivity contribution in [1.82, 2.24) is 10.2 Å². The van der Waals surface area contributed by atoms with Crippen molar-refractivity contribution in [2.24, 2.45) is 16.8 Å². The molecule has 1 aromatic rings. The molecule has 0 radical (unpaired) electrons. The molecule has 0 spiro atoms. The molecule has 1 saturated heterocycles. The van der Waals surface area contributed by atoms with Crippen molar-refractivity contribution >= 4 is 11.7 Å². The molecule has 1 aliphatic rings. The number of anilines is 1. The van der Waals surface area contributed by atoms with Gasteiger partial charge in [0.2, 0.25) is 0 Å². The van der Waals surface area contributed by atoms with Gasteiger partial charge in [0.05, 0.1) is 17.4 Å². The maximum absolute atomic E-state index is 9.69. The Labute approximate surface area is 118 Å². The molecular weight excluding hydrogens is 258 g/mol. The molecule has 0 saturated carbocycles. The molecule has 0 aromatic carbocycles. The van der Waals surface area contributed by atoms with E-state index in [-0.39, 0.29) is 17.9 Å². The number of aryl methyl sites for hydroxylation is 1. The molecule has 1 aliphatic heterocycles. The number of oxime groups is 1. The number of aromatic nitrogens is 2. The highest BCUT2D eigenvalue weighted by Crippen LogP contribution is 2.28. The van der Waals surface area contributed by atoms with Crippen LogP contribution in [0.25, 0.3) is 0 Å². The SMILES string of the molecule is Cc1nnc(N2CCC(C(C)O)C2)c(C(N)=NO)c1C. The molecule has 0 aliphatic carbocycles. The van der Waals surface area contributed by atoms with E-state index < -0.39 is 0 Å². The average Bonchev–Trinajstić information content (AvgIpc) is 2.90. The highest BCUT2D eigenvalue weighted by atomic mass is 16.4. The van der Waals surface area contributed by atoms with Crippen LogP contribution in [0.2, 0.25) is 0 Å². The third-order valence-electron chi connectivity index (χ3n) is 4.01. The summed E-state index contributed by atoms with van der Waals surface area (Å²) in [5.41, 5.74) is 8.00. The van der Waals surface area contributed by atoms with Gasteiger partial charge in [-0.15, -0.1) is 5.10 Å². The summed E-state index contributed by atoms with van der Waals surface area (Å²) in [7, 11) is 0. The molecule has 1 fully saturated rings. The van der Waals surface area contributed by atoms with Crippen LogP contribution < -0.4 is 10.6 Å². The normalized spacial score (nSPS) is 21.3. The van der Waals surface area contributed by atoms with E-state index in [9.17, 15) is 5.11 Å². The van der Waals surface area contributed by atoms with Crippen molar-refractivity contribution in [2.45, 2.75) is 33.3 Å². The zero-order valence-electron chi connectivity index (χ0n) is 12.0. The van der Waals surface area contributed by atoms with E-state index in [0.717, 1.165) is 24.2 Å². The lowest BCUT2D eigenvalue weighted by atomic mass is 10.0. The Bertz CT molecular complexity index is 530. The van der Waals surface area contributed by atoms with Gasteiger partial charge in [-0.1, -0.05) is 5.16 Å². The second-order valence-electron chi connectivity index (χ2n) is 5.33. The number of nitrogens with two attached hydrogens (primary N) is 1. The van der Waals surface area contributed by atoms with Gasteiger partial charge in [-0.05, 0) is 32.8 Å². The summed E-state index contributed by atoms with van der Waals surface area (Å²) in [6.45, 7) is 6.98. The van der Waals surface area contributed by atoms with Gasteiger partial charge in [-0.2, -0.15) is 5.10 Å². The monoisotopic (exact) mass is 279 g/mol. The summed E-state index contributed by atoms with van der Waals surface area (Å²) < 4.78 is 0. The van der Waals surface area contributed by atoms with Crippen molar-refractivity contribution in [1.29, 1.82) is 0 Å². The lowest BCUT2D eigenvalue weighted by molar-refractivity contribution is 0.136. The minimum atomic E-state index is -0.355. The molecule has 110 valence electrons. The van der Waals surface area contributed by atoms with E-state index in [4.69, 9.17) is 10.9 Å². The summed E-state index contributed by atoms with van der Waals surface area (Å²) in [6.07, 6.45) is 0.536. The minimum Gasteiger partial charge on any atom is -0.409 e. The van der Waals surface area contributed by atoms with Crippen LogP contribution in [0.4, 0.5) is 5.82 Å². The summed E-state index contributed by atoms with van der Waals surface area (Å²) in [5.74, 6) is 0.862. The lowest BCUT2D eigenvalue weighted by Crippen LogP contribution is -2.29. The minimum absolute atomic E-state index is 0.0380. The number of aliphatic hydroxyl groups excluding tert-OH is 1. The number of nitrogens with zero attached hydrogens (tertiary/aromatic N) is 4. The smallest absolute Gasteiger partial charge is 0.174 e. The van der Waals surface area contributed by atoms with Crippen LogP contribution in [0.5, 0.6) is 0 Å². The van der Waals surface area contributed by atoms with Crippen molar-refractivity contribution in [2.75, 3.05) is 18.0 Å². The largest absolute Gasteiger partial charge is 0.409 e. The Hall–Kier alpha value is -1.89. The Morgan fingerprint density at radius 3 is 2.70 bits per heavy atom. The molecule has 2 unspecified atom stereocenters. The van der Waals surface area contributed by atoms with Crippen molar-refractivity contribution < 1.29 is 10.3 Å². The van der Waals surface area contributed by atoms with Gasteiger partial charge in [0.25, 0.3) is 0 Å². The number of hydrogen-bond donors (Lipinski definition) is 3. The fourth-order valence-corrected chi connectivity index (χ4v) is 2.55. The molecule has 2 heterocycles. The van der Waals surface area contributed by atoms with Crippen molar-refractivity contribution in [3.05, 3.63) is 16.8 Å². The quantitative estimate of drug-likeness (QED) is 0.320. The summed E-state index contributed by atoms with van der Waals surface area (Å²) in [5, 5.41) is 30.1. The van der Waals surface area contributed by atoms with Crippen molar-refractivity contribution in [3.63, 3.8) is 0 Å². The van der Waals surface area contributed by atoms with Crippen LogP contribution in [0.3, 0.4) is 0 Å². The number of hydrogen-bond acceptors (Lipinski definition) is 6. The third kappa shape index (κ3) is 2.53. The second kappa shape index (κ2) is 5.62. The first-order chi connectivity index (χ1) is 9.45. The maximum Gasteiger partial charge on any atom is 0.174 e. The Balaban J connectivity index is 2.40. The van der Waals surface area contributed by atoms with Gasteiger partial charge in [-0.25, -0.2) is 0 Å². The van der Waals surface area contributed by atoms with Gasteiger partial charge >= 0.3 is 0 Å². The van der Waals surface area contributed by atoms with Crippen molar-refractivity contribution in [3.8, 4) is 0 Å². The van der Waals surface area contributed by atoms with Gasteiger partial charge in [0.15, 0.2) is 11.7 Å². The van der Waals surface area contributed by atoms with E-state index in [2.05, 4.69) is 15.4 Å². The Kier molecular flexibility index (Phi) is 4.08. The fraction of sp³-hybridized carbons (Fsp3) is 0.615. The number of rotatable bonds is 3. The Morgan fingerprint density at radius 2 is 2.15 bits per heavy atom. The van der Waals surface area contributed by atoms with Crippen LogP contribution in [0, 0.1) is 19.8 Å². The number of amidine groups is 1. The van der Waals surface area contributed by atoms with Crippen LogP contribution in [-0.4, -0.2) is 45.5 Å². The first-order valence-electron chi connectivity index (χ1n) is 6.70. The molecular formula is C13H21N5O2. The van der Waals surface area contributed by atoms with Gasteiger partial charge < -0.3 is 20.9 Å². The van der Waals surface area contributed by atoms with E-state index in [1.807, 2.05) is 18.7 Å².